The number of halogens is 2. The van der Waals surface area contributed by atoms with E-state index in [1.807, 2.05) is 0 Å². The number of nitriles is 1. The Bertz CT molecular complexity index is 559. The van der Waals surface area contributed by atoms with Crippen molar-refractivity contribution in [3.8, 4) is 6.07 Å². The standard InChI is InChI=1S/C14H13BrFNO2/c15-10-3-1-8(5-11(10)16)13(18)14(7-17)6-9-2-4-12(14)19-9/h1,3,5,9,12-13,18H,2,4,6H2. The first-order valence-electron chi connectivity index (χ1n) is 6.26. The van der Waals surface area contributed by atoms with E-state index in [4.69, 9.17) is 4.74 Å². The molecule has 2 aliphatic heterocycles. The summed E-state index contributed by atoms with van der Waals surface area (Å²) in [4.78, 5) is 0. The van der Waals surface area contributed by atoms with Crippen molar-refractivity contribution < 1.29 is 14.2 Å². The Balaban J connectivity index is 1.96. The average Bonchev–Trinajstić information content (AvgIpc) is 3.02. The quantitative estimate of drug-likeness (QED) is 0.909. The van der Waals surface area contributed by atoms with Crippen LogP contribution in [0.25, 0.3) is 0 Å². The molecular weight excluding hydrogens is 313 g/mol. The maximum Gasteiger partial charge on any atom is 0.137 e. The van der Waals surface area contributed by atoms with E-state index in [1.54, 1.807) is 12.1 Å². The molecule has 2 saturated heterocycles. The topological polar surface area (TPSA) is 53.2 Å². The molecule has 100 valence electrons. The Morgan fingerprint density at radius 2 is 2.32 bits per heavy atom. The number of rotatable bonds is 2. The van der Waals surface area contributed by atoms with Crippen molar-refractivity contribution in [3.05, 3.63) is 34.1 Å². The lowest BCUT2D eigenvalue weighted by Gasteiger charge is -2.33. The number of aliphatic hydroxyl groups excluding tert-OH is 1. The van der Waals surface area contributed by atoms with E-state index in [9.17, 15) is 14.8 Å². The van der Waals surface area contributed by atoms with Crippen LogP contribution < -0.4 is 0 Å². The molecule has 3 rings (SSSR count). The van der Waals surface area contributed by atoms with Crippen LogP contribution in [0.3, 0.4) is 0 Å². The van der Waals surface area contributed by atoms with Gasteiger partial charge >= 0.3 is 0 Å². The van der Waals surface area contributed by atoms with Crippen molar-refractivity contribution >= 4 is 15.9 Å². The monoisotopic (exact) mass is 325 g/mol. The van der Waals surface area contributed by atoms with E-state index in [2.05, 4.69) is 22.0 Å². The molecule has 0 aliphatic carbocycles. The first kappa shape index (κ1) is 13.0. The number of ether oxygens (including phenoxy) is 1. The van der Waals surface area contributed by atoms with Gasteiger partial charge in [-0.2, -0.15) is 5.26 Å². The number of hydrogen-bond acceptors (Lipinski definition) is 3. The van der Waals surface area contributed by atoms with E-state index in [0.717, 1.165) is 12.8 Å². The van der Waals surface area contributed by atoms with Crippen molar-refractivity contribution in [1.29, 1.82) is 5.26 Å². The highest BCUT2D eigenvalue weighted by Gasteiger charge is 2.57. The second-order valence-corrected chi connectivity index (χ2v) is 6.11. The molecule has 1 N–H and O–H groups in total. The highest BCUT2D eigenvalue weighted by Crippen LogP contribution is 2.53. The van der Waals surface area contributed by atoms with Crippen LogP contribution in [0, 0.1) is 22.6 Å². The zero-order valence-electron chi connectivity index (χ0n) is 10.1. The zero-order valence-corrected chi connectivity index (χ0v) is 11.7. The lowest BCUT2D eigenvalue weighted by molar-refractivity contribution is 0.00327. The number of hydrogen-bond donors (Lipinski definition) is 1. The average molecular weight is 326 g/mol. The van der Waals surface area contributed by atoms with Crippen LogP contribution >= 0.6 is 15.9 Å². The van der Waals surface area contributed by atoms with Crippen molar-refractivity contribution in [2.24, 2.45) is 5.41 Å². The maximum absolute atomic E-state index is 13.6. The molecule has 0 aromatic heterocycles. The number of fused-ring (bicyclic) bond motifs is 2. The van der Waals surface area contributed by atoms with Gasteiger partial charge in [0, 0.05) is 0 Å². The van der Waals surface area contributed by atoms with E-state index in [-0.39, 0.29) is 12.2 Å². The minimum atomic E-state index is -1.02. The van der Waals surface area contributed by atoms with Crippen LogP contribution in [0.5, 0.6) is 0 Å². The smallest absolute Gasteiger partial charge is 0.137 e. The van der Waals surface area contributed by atoms with E-state index in [0.29, 0.717) is 16.5 Å². The molecule has 3 nitrogen and oxygen atoms in total. The second-order valence-electron chi connectivity index (χ2n) is 5.26. The second kappa shape index (κ2) is 4.55. The van der Waals surface area contributed by atoms with Gasteiger partial charge in [0.15, 0.2) is 0 Å². The van der Waals surface area contributed by atoms with Gasteiger partial charge in [-0.25, -0.2) is 4.39 Å². The molecule has 4 atom stereocenters. The Hall–Kier alpha value is -0.960. The molecule has 1 aromatic carbocycles. The lowest BCUT2D eigenvalue weighted by atomic mass is 9.69. The van der Waals surface area contributed by atoms with E-state index >= 15 is 0 Å². The molecular formula is C14H13BrFNO2. The van der Waals surface area contributed by atoms with Gasteiger partial charge in [-0.15, -0.1) is 0 Å². The van der Waals surface area contributed by atoms with Crippen LogP contribution in [0.4, 0.5) is 4.39 Å². The molecule has 1 aromatic rings. The van der Waals surface area contributed by atoms with Crippen LogP contribution in [0.2, 0.25) is 0 Å². The normalized spacial score (nSPS) is 34.2. The first-order valence-corrected chi connectivity index (χ1v) is 7.06. The number of benzene rings is 1. The van der Waals surface area contributed by atoms with Gasteiger partial charge in [-0.3, -0.25) is 0 Å². The van der Waals surface area contributed by atoms with Crippen molar-refractivity contribution in [3.63, 3.8) is 0 Å². The van der Waals surface area contributed by atoms with Crippen LogP contribution in [-0.2, 0) is 4.74 Å². The van der Waals surface area contributed by atoms with Crippen molar-refractivity contribution in [2.45, 2.75) is 37.6 Å². The molecule has 5 heteroatoms. The van der Waals surface area contributed by atoms with E-state index < -0.39 is 17.3 Å². The Morgan fingerprint density at radius 3 is 2.84 bits per heavy atom. The SMILES string of the molecule is N#CC1(C(O)c2ccc(Br)c(F)c2)CC2CCC1O2. The summed E-state index contributed by atoms with van der Waals surface area (Å²) in [6.45, 7) is 0. The van der Waals surface area contributed by atoms with Crippen molar-refractivity contribution in [1.82, 2.24) is 0 Å². The molecule has 2 fully saturated rings. The third-order valence-corrected chi connectivity index (χ3v) is 4.85. The van der Waals surface area contributed by atoms with Crippen LogP contribution in [0.15, 0.2) is 22.7 Å². The summed E-state index contributed by atoms with van der Waals surface area (Å²) < 4.78 is 19.6. The first-order chi connectivity index (χ1) is 9.06. The zero-order chi connectivity index (χ0) is 13.6. The van der Waals surface area contributed by atoms with Crippen LogP contribution in [-0.4, -0.2) is 17.3 Å². The molecule has 0 spiro atoms. The molecule has 2 heterocycles. The molecule has 19 heavy (non-hydrogen) atoms. The highest BCUT2D eigenvalue weighted by molar-refractivity contribution is 9.10. The Morgan fingerprint density at radius 1 is 1.53 bits per heavy atom. The molecule has 4 unspecified atom stereocenters. The molecule has 0 amide bonds. The summed E-state index contributed by atoms with van der Waals surface area (Å²) in [5, 5.41) is 20.0. The largest absolute Gasteiger partial charge is 0.387 e. The lowest BCUT2D eigenvalue weighted by Crippen LogP contribution is -2.37. The minimum Gasteiger partial charge on any atom is -0.387 e. The molecule has 0 radical (unpaired) electrons. The van der Waals surface area contributed by atoms with Gasteiger partial charge in [-0.1, -0.05) is 6.07 Å². The van der Waals surface area contributed by atoms with Gasteiger partial charge in [0.1, 0.15) is 17.3 Å². The molecule has 2 bridgehead atoms. The summed E-state index contributed by atoms with van der Waals surface area (Å²) in [5.74, 6) is -0.436. The third kappa shape index (κ3) is 1.90. The van der Waals surface area contributed by atoms with Gasteiger partial charge < -0.3 is 9.84 Å². The highest BCUT2D eigenvalue weighted by atomic mass is 79.9. The van der Waals surface area contributed by atoms with Gasteiger partial charge in [0.25, 0.3) is 0 Å². The summed E-state index contributed by atoms with van der Waals surface area (Å²) in [5.41, 5.74) is -0.512. The van der Waals surface area contributed by atoms with E-state index in [1.165, 1.54) is 6.07 Å². The summed E-state index contributed by atoms with van der Waals surface area (Å²) in [6.07, 6.45) is 1.04. The fourth-order valence-corrected chi connectivity index (χ4v) is 3.44. The fraction of sp³-hybridized carbons (Fsp3) is 0.500. The summed E-state index contributed by atoms with van der Waals surface area (Å²) in [6, 6.07) is 6.70. The Labute approximate surface area is 119 Å². The van der Waals surface area contributed by atoms with Crippen LogP contribution in [0.1, 0.15) is 30.9 Å². The molecule has 2 aliphatic rings. The predicted octanol–water partition coefficient (Wildman–Crippen LogP) is 3.08. The van der Waals surface area contributed by atoms with Crippen molar-refractivity contribution in [2.75, 3.05) is 0 Å². The maximum atomic E-state index is 13.6. The van der Waals surface area contributed by atoms with Gasteiger partial charge in [0.2, 0.25) is 0 Å². The minimum absolute atomic E-state index is 0.0552. The summed E-state index contributed by atoms with van der Waals surface area (Å²) >= 11 is 3.08. The number of nitrogens with zero attached hydrogens (tertiary/aromatic N) is 1. The predicted molar refractivity (Wildman–Crippen MR) is 69.6 cm³/mol. The Kier molecular flexibility index (Phi) is 3.12. The fourth-order valence-electron chi connectivity index (χ4n) is 3.19. The summed E-state index contributed by atoms with van der Waals surface area (Å²) in [7, 11) is 0. The molecule has 0 saturated carbocycles. The van der Waals surface area contributed by atoms with Gasteiger partial charge in [0.05, 0.1) is 22.7 Å². The number of aliphatic hydroxyl groups is 1. The third-order valence-electron chi connectivity index (χ3n) is 4.20. The van der Waals surface area contributed by atoms with Gasteiger partial charge in [-0.05, 0) is 52.9 Å².